The second-order valence-electron chi connectivity index (χ2n) is 9.22. The molecule has 36 heavy (non-hydrogen) atoms. The summed E-state index contributed by atoms with van der Waals surface area (Å²) in [6.07, 6.45) is 1.17. The van der Waals surface area contributed by atoms with E-state index in [2.05, 4.69) is 44.4 Å². The van der Waals surface area contributed by atoms with Gasteiger partial charge in [-0.15, -0.1) is 0 Å². The van der Waals surface area contributed by atoms with Crippen LogP contribution in [0.3, 0.4) is 0 Å². The Hall–Kier alpha value is -3.17. The van der Waals surface area contributed by atoms with Gasteiger partial charge in [-0.3, -0.25) is 0 Å². The van der Waals surface area contributed by atoms with Gasteiger partial charge in [-0.2, -0.15) is 16.7 Å². The van der Waals surface area contributed by atoms with E-state index in [0.717, 1.165) is 101 Å². The number of aromatic nitrogens is 3. The lowest BCUT2D eigenvalue weighted by Crippen LogP contribution is -2.44. The molecule has 0 saturated carbocycles. The van der Waals surface area contributed by atoms with Crippen LogP contribution < -0.4 is 24.6 Å². The van der Waals surface area contributed by atoms with Gasteiger partial charge in [-0.05, 0) is 41.5 Å². The van der Waals surface area contributed by atoms with Gasteiger partial charge in [-0.25, -0.2) is 4.98 Å². The molecule has 188 valence electrons. The Morgan fingerprint density at radius 1 is 0.833 bits per heavy atom. The molecule has 0 aliphatic carbocycles. The minimum atomic E-state index is 0.722. The second kappa shape index (κ2) is 10.1. The standard InChI is InChI=1S/C27H32N6O2S/c1-34-22-7-5-19(17-23(22)35-2)18-4-6-20-21(16-18)29-25-24(20)30-27(33-11-8-28-9-12-33)31-26(25)32-10-3-14-36-15-13-32/h4-7,16-17,28-29H,3,8-15H2,1-2H3. The molecule has 4 heterocycles. The van der Waals surface area contributed by atoms with Crippen LogP contribution in [0.15, 0.2) is 36.4 Å². The third-order valence-electron chi connectivity index (χ3n) is 7.05. The Balaban J connectivity index is 1.48. The summed E-state index contributed by atoms with van der Waals surface area (Å²) in [7, 11) is 3.32. The number of H-pyrrole nitrogens is 1. The summed E-state index contributed by atoms with van der Waals surface area (Å²) < 4.78 is 10.9. The van der Waals surface area contributed by atoms with Crippen LogP contribution in [0.5, 0.6) is 11.5 Å². The average Bonchev–Trinajstić information content (AvgIpc) is 3.09. The summed E-state index contributed by atoms with van der Waals surface area (Å²) in [4.78, 5) is 18.7. The van der Waals surface area contributed by atoms with Crippen molar-refractivity contribution in [1.29, 1.82) is 0 Å². The average molecular weight is 505 g/mol. The molecule has 2 N–H and O–H groups in total. The van der Waals surface area contributed by atoms with E-state index >= 15 is 0 Å². The van der Waals surface area contributed by atoms with E-state index in [1.165, 1.54) is 12.2 Å². The smallest absolute Gasteiger partial charge is 0.228 e. The lowest BCUT2D eigenvalue weighted by Gasteiger charge is -2.29. The van der Waals surface area contributed by atoms with Crippen molar-refractivity contribution in [3.05, 3.63) is 36.4 Å². The maximum Gasteiger partial charge on any atom is 0.228 e. The Labute approximate surface area is 215 Å². The van der Waals surface area contributed by atoms with E-state index in [9.17, 15) is 0 Å². The number of anilines is 2. The summed E-state index contributed by atoms with van der Waals surface area (Å²) in [5.41, 5.74) is 5.28. The number of rotatable bonds is 5. The third-order valence-corrected chi connectivity index (χ3v) is 8.10. The van der Waals surface area contributed by atoms with Gasteiger partial charge in [0.25, 0.3) is 0 Å². The van der Waals surface area contributed by atoms with Crippen LogP contribution in [0.2, 0.25) is 0 Å². The molecule has 0 radical (unpaired) electrons. The molecule has 2 aromatic heterocycles. The SMILES string of the molecule is COc1ccc(-c2ccc3c(c2)[nH]c2c(N4CCCSCC4)nc(N4CCNCC4)nc23)cc1OC. The number of hydrogen-bond donors (Lipinski definition) is 2. The van der Waals surface area contributed by atoms with Crippen LogP contribution >= 0.6 is 11.8 Å². The van der Waals surface area contributed by atoms with Gasteiger partial charge >= 0.3 is 0 Å². The number of benzene rings is 2. The Kier molecular flexibility index (Phi) is 6.50. The van der Waals surface area contributed by atoms with Crippen LogP contribution in [0.4, 0.5) is 11.8 Å². The van der Waals surface area contributed by atoms with E-state index in [4.69, 9.17) is 19.4 Å². The topological polar surface area (TPSA) is 78.5 Å². The molecule has 2 saturated heterocycles. The highest BCUT2D eigenvalue weighted by molar-refractivity contribution is 7.99. The molecule has 0 unspecified atom stereocenters. The number of nitrogens with zero attached hydrogens (tertiary/aromatic N) is 4. The fourth-order valence-corrected chi connectivity index (χ4v) is 6.01. The molecule has 4 aromatic rings. The largest absolute Gasteiger partial charge is 0.493 e. The molecule has 2 aromatic carbocycles. The van der Waals surface area contributed by atoms with Crippen molar-refractivity contribution in [3.63, 3.8) is 0 Å². The molecular formula is C27H32N6O2S. The minimum Gasteiger partial charge on any atom is -0.493 e. The highest BCUT2D eigenvalue weighted by Gasteiger charge is 2.23. The second-order valence-corrected chi connectivity index (χ2v) is 10.4. The maximum atomic E-state index is 5.53. The van der Waals surface area contributed by atoms with E-state index in [-0.39, 0.29) is 0 Å². The summed E-state index contributed by atoms with van der Waals surface area (Å²) in [5, 5.41) is 4.56. The Bertz CT molecular complexity index is 1380. The molecule has 0 atom stereocenters. The zero-order valence-corrected chi connectivity index (χ0v) is 21.7. The predicted molar refractivity (Wildman–Crippen MR) is 149 cm³/mol. The number of methoxy groups -OCH3 is 2. The first-order chi connectivity index (χ1) is 17.7. The molecule has 2 aliphatic heterocycles. The molecule has 6 rings (SSSR count). The minimum absolute atomic E-state index is 0.722. The quantitative estimate of drug-likeness (QED) is 0.420. The van der Waals surface area contributed by atoms with E-state index in [1.807, 2.05) is 23.9 Å². The summed E-state index contributed by atoms with van der Waals surface area (Å²) in [5.74, 6) is 5.64. The fraction of sp³-hybridized carbons (Fsp3) is 0.407. The zero-order valence-electron chi connectivity index (χ0n) is 20.8. The number of thioether (sulfide) groups is 1. The highest BCUT2D eigenvalue weighted by atomic mass is 32.2. The van der Waals surface area contributed by atoms with Gasteiger partial charge in [0, 0.05) is 55.9 Å². The zero-order chi connectivity index (χ0) is 24.5. The van der Waals surface area contributed by atoms with Crippen molar-refractivity contribution in [1.82, 2.24) is 20.3 Å². The lowest BCUT2D eigenvalue weighted by atomic mass is 10.0. The van der Waals surface area contributed by atoms with Gasteiger partial charge in [0.05, 0.1) is 14.2 Å². The number of aromatic amines is 1. The van der Waals surface area contributed by atoms with Gasteiger partial charge in [0.1, 0.15) is 11.0 Å². The molecule has 0 amide bonds. The van der Waals surface area contributed by atoms with Crippen LogP contribution in [0, 0.1) is 0 Å². The van der Waals surface area contributed by atoms with E-state index < -0.39 is 0 Å². The Morgan fingerprint density at radius 3 is 2.47 bits per heavy atom. The van der Waals surface area contributed by atoms with Crippen molar-refractivity contribution in [2.45, 2.75) is 6.42 Å². The highest BCUT2D eigenvalue weighted by Crippen LogP contribution is 2.37. The molecule has 2 aliphatic rings. The molecule has 9 heteroatoms. The summed E-state index contributed by atoms with van der Waals surface area (Å²) >= 11 is 2.03. The molecule has 2 fully saturated rings. The monoisotopic (exact) mass is 504 g/mol. The normalized spacial score (nSPS) is 16.9. The molecular weight excluding hydrogens is 472 g/mol. The van der Waals surface area contributed by atoms with Crippen molar-refractivity contribution in [2.75, 3.05) is 74.8 Å². The van der Waals surface area contributed by atoms with E-state index in [1.54, 1.807) is 14.2 Å². The van der Waals surface area contributed by atoms with Gasteiger partial charge in [0.15, 0.2) is 17.3 Å². The van der Waals surface area contributed by atoms with E-state index in [0.29, 0.717) is 0 Å². The fourth-order valence-electron chi connectivity index (χ4n) is 5.12. The number of hydrogen-bond acceptors (Lipinski definition) is 8. The van der Waals surface area contributed by atoms with Crippen LogP contribution in [0.1, 0.15) is 6.42 Å². The van der Waals surface area contributed by atoms with Gasteiger partial charge in [-0.1, -0.05) is 18.2 Å². The van der Waals surface area contributed by atoms with Crippen LogP contribution in [0.25, 0.3) is 33.1 Å². The first-order valence-electron chi connectivity index (χ1n) is 12.6. The number of nitrogens with one attached hydrogen (secondary N) is 2. The van der Waals surface area contributed by atoms with Crippen molar-refractivity contribution in [2.24, 2.45) is 0 Å². The lowest BCUT2D eigenvalue weighted by molar-refractivity contribution is 0.355. The number of fused-ring (bicyclic) bond motifs is 3. The van der Waals surface area contributed by atoms with Crippen molar-refractivity contribution < 1.29 is 9.47 Å². The number of ether oxygens (including phenoxy) is 2. The Morgan fingerprint density at radius 2 is 1.64 bits per heavy atom. The first-order valence-corrected chi connectivity index (χ1v) is 13.7. The summed E-state index contributed by atoms with van der Waals surface area (Å²) in [6, 6.07) is 12.6. The van der Waals surface area contributed by atoms with Crippen molar-refractivity contribution >= 4 is 45.5 Å². The number of piperazine rings is 1. The van der Waals surface area contributed by atoms with Crippen LogP contribution in [-0.2, 0) is 0 Å². The van der Waals surface area contributed by atoms with Crippen LogP contribution in [-0.4, -0.2) is 79.9 Å². The first kappa shape index (κ1) is 23.2. The molecule has 0 spiro atoms. The third kappa shape index (κ3) is 4.30. The van der Waals surface area contributed by atoms with Crippen molar-refractivity contribution in [3.8, 4) is 22.6 Å². The molecule has 0 bridgehead atoms. The predicted octanol–water partition coefficient (Wildman–Crippen LogP) is 4.15. The van der Waals surface area contributed by atoms with Gasteiger partial charge < -0.3 is 29.6 Å². The van der Waals surface area contributed by atoms with Gasteiger partial charge in [0.2, 0.25) is 5.95 Å². The maximum absolute atomic E-state index is 5.53. The summed E-state index contributed by atoms with van der Waals surface area (Å²) in [6.45, 7) is 5.79. The molecule has 8 nitrogen and oxygen atoms in total.